The zero-order chi connectivity index (χ0) is 21.0. The molecule has 176 valence electrons. The largest absolute Gasteiger partial charge is 0.379 e. The smallest absolute Gasteiger partial charge is 0.194 e. The van der Waals surface area contributed by atoms with Crippen LogP contribution in [0.1, 0.15) is 37.8 Å². The Morgan fingerprint density at radius 2 is 1.94 bits per heavy atom. The van der Waals surface area contributed by atoms with Crippen LogP contribution in [0.3, 0.4) is 0 Å². The van der Waals surface area contributed by atoms with Crippen LogP contribution in [0.15, 0.2) is 29.3 Å². The summed E-state index contributed by atoms with van der Waals surface area (Å²) in [5.74, 6) is 0.946. The van der Waals surface area contributed by atoms with E-state index in [0.717, 1.165) is 57.2 Å². The van der Waals surface area contributed by atoms with Crippen molar-refractivity contribution in [1.82, 2.24) is 10.2 Å². The first kappa shape index (κ1) is 26.3. The normalized spacial score (nSPS) is 21.7. The molecule has 0 amide bonds. The summed E-state index contributed by atoms with van der Waals surface area (Å²) in [6, 6.07) is 8.45. The lowest BCUT2D eigenvalue weighted by atomic mass is 10.1. The van der Waals surface area contributed by atoms with E-state index in [0.29, 0.717) is 33.0 Å². The van der Waals surface area contributed by atoms with Gasteiger partial charge in [-0.2, -0.15) is 0 Å². The van der Waals surface area contributed by atoms with E-state index in [1.807, 2.05) is 6.92 Å². The number of aliphatic imine (C=N–C) groups is 1. The van der Waals surface area contributed by atoms with Crippen LogP contribution in [-0.4, -0.2) is 75.7 Å². The van der Waals surface area contributed by atoms with Gasteiger partial charge in [-0.1, -0.05) is 24.3 Å². The molecule has 2 unspecified atom stereocenters. The summed E-state index contributed by atoms with van der Waals surface area (Å²) in [7, 11) is 0. The average molecular weight is 547 g/mol. The second kappa shape index (κ2) is 15.0. The Balaban J connectivity index is 0.00000341. The van der Waals surface area contributed by atoms with Gasteiger partial charge in [0.15, 0.2) is 5.96 Å². The van der Waals surface area contributed by atoms with E-state index in [1.54, 1.807) is 0 Å². The molecular formula is C23H38IN3O4. The second-order valence-corrected chi connectivity index (χ2v) is 7.65. The summed E-state index contributed by atoms with van der Waals surface area (Å²) in [6.45, 7) is 11.4. The van der Waals surface area contributed by atoms with Crippen LogP contribution in [0.4, 0.5) is 0 Å². The number of rotatable bonds is 10. The summed E-state index contributed by atoms with van der Waals surface area (Å²) >= 11 is 0. The van der Waals surface area contributed by atoms with E-state index in [4.69, 9.17) is 23.9 Å². The molecule has 31 heavy (non-hydrogen) atoms. The SMILES string of the molecule is CCNC(=NCc1cccc(COCCOCC)c1)N1CCOC(C2CCCO2)C1.I. The Hall–Kier alpha value is -0.940. The van der Waals surface area contributed by atoms with E-state index in [9.17, 15) is 0 Å². The van der Waals surface area contributed by atoms with Crippen molar-refractivity contribution < 1.29 is 18.9 Å². The summed E-state index contributed by atoms with van der Waals surface area (Å²) in [5, 5.41) is 3.44. The number of halogens is 1. The fourth-order valence-corrected chi connectivity index (χ4v) is 3.85. The highest BCUT2D eigenvalue weighted by molar-refractivity contribution is 14.0. The van der Waals surface area contributed by atoms with Gasteiger partial charge in [-0.05, 0) is 37.8 Å². The van der Waals surface area contributed by atoms with Gasteiger partial charge < -0.3 is 29.2 Å². The van der Waals surface area contributed by atoms with Gasteiger partial charge in [-0.25, -0.2) is 4.99 Å². The highest BCUT2D eigenvalue weighted by atomic mass is 127. The maximum atomic E-state index is 5.99. The molecule has 0 aliphatic carbocycles. The molecule has 0 saturated carbocycles. The first-order valence-electron chi connectivity index (χ1n) is 11.3. The van der Waals surface area contributed by atoms with Crippen molar-refractivity contribution in [3.63, 3.8) is 0 Å². The van der Waals surface area contributed by atoms with E-state index in [2.05, 4.69) is 41.4 Å². The van der Waals surface area contributed by atoms with Crippen LogP contribution in [0.2, 0.25) is 0 Å². The number of nitrogens with one attached hydrogen (secondary N) is 1. The van der Waals surface area contributed by atoms with Crippen molar-refractivity contribution in [2.75, 3.05) is 52.7 Å². The Morgan fingerprint density at radius 3 is 2.71 bits per heavy atom. The lowest BCUT2D eigenvalue weighted by Crippen LogP contribution is -2.53. The number of hydrogen-bond acceptors (Lipinski definition) is 5. The zero-order valence-electron chi connectivity index (χ0n) is 18.9. The lowest BCUT2D eigenvalue weighted by molar-refractivity contribution is -0.0817. The van der Waals surface area contributed by atoms with E-state index < -0.39 is 0 Å². The molecule has 1 aromatic rings. The average Bonchev–Trinajstić information content (AvgIpc) is 3.32. The molecule has 2 aliphatic heterocycles. The lowest BCUT2D eigenvalue weighted by Gasteiger charge is -2.37. The van der Waals surface area contributed by atoms with Gasteiger partial charge in [-0.3, -0.25) is 0 Å². The summed E-state index contributed by atoms with van der Waals surface area (Å²) < 4.78 is 22.8. The molecule has 2 fully saturated rings. The molecule has 1 N–H and O–H groups in total. The summed E-state index contributed by atoms with van der Waals surface area (Å²) in [4.78, 5) is 7.21. The maximum Gasteiger partial charge on any atom is 0.194 e. The molecule has 3 rings (SSSR count). The summed E-state index contributed by atoms with van der Waals surface area (Å²) in [5.41, 5.74) is 2.34. The molecule has 0 aromatic heterocycles. The number of morpholine rings is 1. The van der Waals surface area contributed by atoms with Crippen LogP contribution >= 0.6 is 24.0 Å². The van der Waals surface area contributed by atoms with Crippen molar-refractivity contribution in [2.45, 2.75) is 52.0 Å². The number of benzene rings is 1. The zero-order valence-corrected chi connectivity index (χ0v) is 21.2. The van der Waals surface area contributed by atoms with Crippen LogP contribution in [0, 0.1) is 0 Å². The third-order valence-corrected chi connectivity index (χ3v) is 5.36. The topological polar surface area (TPSA) is 64.6 Å². The van der Waals surface area contributed by atoms with Gasteiger partial charge in [0, 0.05) is 32.8 Å². The van der Waals surface area contributed by atoms with Gasteiger partial charge in [-0.15, -0.1) is 24.0 Å². The fourth-order valence-electron chi connectivity index (χ4n) is 3.85. The van der Waals surface area contributed by atoms with Gasteiger partial charge in [0.25, 0.3) is 0 Å². The Morgan fingerprint density at radius 1 is 1.13 bits per heavy atom. The number of hydrogen-bond donors (Lipinski definition) is 1. The number of ether oxygens (including phenoxy) is 4. The van der Waals surface area contributed by atoms with Crippen LogP contribution < -0.4 is 5.32 Å². The van der Waals surface area contributed by atoms with Gasteiger partial charge >= 0.3 is 0 Å². The molecule has 2 saturated heterocycles. The van der Waals surface area contributed by atoms with Gasteiger partial charge in [0.1, 0.15) is 6.10 Å². The molecule has 2 atom stereocenters. The van der Waals surface area contributed by atoms with E-state index in [-0.39, 0.29) is 36.2 Å². The molecule has 8 heteroatoms. The minimum atomic E-state index is 0. The van der Waals surface area contributed by atoms with Crippen molar-refractivity contribution in [2.24, 2.45) is 4.99 Å². The predicted molar refractivity (Wildman–Crippen MR) is 133 cm³/mol. The highest BCUT2D eigenvalue weighted by Crippen LogP contribution is 2.21. The molecule has 7 nitrogen and oxygen atoms in total. The van der Waals surface area contributed by atoms with Gasteiger partial charge in [0.05, 0.1) is 39.1 Å². The first-order chi connectivity index (χ1) is 14.8. The van der Waals surface area contributed by atoms with Crippen molar-refractivity contribution >= 4 is 29.9 Å². The van der Waals surface area contributed by atoms with Crippen LogP contribution in [-0.2, 0) is 32.1 Å². The third-order valence-electron chi connectivity index (χ3n) is 5.36. The highest BCUT2D eigenvalue weighted by Gasteiger charge is 2.32. The molecular weight excluding hydrogens is 509 g/mol. The number of nitrogens with zero attached hydrogens (tertiary/aromatic N) is 2. The monoisotopic (exact) mass is 547 g/mol. The molecule has 2 aliphatic rings. The van der Waals surface area contributed by atoms with Crippen molar-refractivity contribution in [3.05, 3.63) is 35.4 Å². The Labute approximate surface area is 203 Å². The van der Waals surface area contributed by atoms with E-state index >= 15 is 0 Å². The van der Waals surface area contributed by atoms with Crippen LogP contribution in [0.25, 0.3) is 0 Å². The third kappa shape index (κ3) is 8.84. The second-order valence-electron chi connectivity index (χ2n) is 7.65. The Bertz CT molecular complexity index is 655. The standard InChI is InChI=1S/C23H37N3O4.HI/c1-3-24-23(26-10-12-30-22(17-26)21-9-6-11-29-21)25-16-19-7-5-8-20(15-19)18-28-14-13-27-4-2;/h5,7-8,15,21-22H,3-4,6,9-14,16-18H2,1-2H3,(H,24,25);1H. The molecule has 2 heterocycles. The van der Waals surface area contributed by atoms with Crippen LogP contribution in [0.5, 0.6) is 0 Å². The predicted octanol–water partition coefficient (Wildman–Crippen LogP) is 3.20. The quantitative estimate of drug-likeness (QED) is 0.210. The number of guanidine groups is 1. The fraction of sp³-hybridized carbons (Fsp3) is 0.696. The van der Waals surface area contributed by atoms with E-state index in [1.165, 1.54) is 5.56 Å². The minimum absolute atomic E-state index is 0. The Kier molecular flexibility index (Phi) is 12.7. The first-order valence-corrected chi connectivity index (χ1v) is 11.3. The maximum absolute atomic E-state index is 5.99. The van der Waals surface area contributed by atoms with Crippen molar-refractivity contribution in [1.29, 1.82) is 0 Å². The molecule has 1 aromatic carbocycles. The molecule has 0 bridgehead atoms. The minimum Gasteiger partial charge on any atom is -0.379 e. The molecule has 0 radical (unpaired) electrons. The summed E-state index contributed by atoms with van der Waals surface area (Å²) in [6.07, 6.45) is 2.56. The van der Waals surface area contributed by atoms with Gasteiger partial charge in [0.2, 0.25) is 0 Å². The molecule has 0 spiro atoms. The van der Waals surface area contributed by atoms with Crippen molar-refractivity contribution in [3.8, 4) is 0 Å².